The van der Waals surface area contributed by atoms with Gasteiger partial charge in [-0.05, 0) is 59.9 Å². The third kappa shape index (κ3) is 9.10. The van der Waals surface area contributed by atoms with Gasteiger partial charge in [-0.15, -0.1) is 0 Å². The van der Waals surface area contributed by atoms with E-state index in [4.69, 9.17) is 25.9 Å². The van der Waals surface area contributed by atoms with E-state index in [1.807, 2.05) is 0 Å². The molecule has 0 unspecified atom stereocenters. The summed E-state index contributed by atoms with van der Waals surface area (Å²) in [5, 5.41) is 2.52. The van der Waals surface area contributed by atoms with Gasteiger partial charge in [0.1, 0.15) is 13.1 Å². The average Bonchev–Trinajstić information content (AvgIpc) is 3.32. The van der Waals surface area contributed by atoms with E-state index in [0.717, 1.165) is 50.0 Å². The molecule has 0 aliphatic carbocycles. The third-order valence-electron chi connectivity index (χ3n) is 10.4. The van der Waals surface area contributed by atoms with E-state index in [1.54, 1.807) is 0 Å². The van der Waals surface area contributed by atoms with E-state index in [-0.39, 0.29) is 0 Å². The second-order valence-corrected chi connectivity index (χ2v) is 17.0. The number of nitrogens with one attached hydrogen (secondary N) is 1. The zero-order valence-corrected chi connectivity index (χ0v) is 33.5. The summed E-state index contributed by atoms with van der Waals surface area (Å²) in [7, 11) is -12.2. The summed E-state index contributed by atoms with van der Waals surface area (Å²) in [4.78, 5) is 3.73. The van der Waals surface area contributed by atoms with Gasteiger partial charge < -0.3 is 14.1 Å². The van der Waals surface area contributed by atoms with Crippen LogP contribution in [-0.2, 0) is 46.2 Å². The van der Waals surface area contributed by atoms with Crippen molar-refractivity contribution >= 4 is 54.2 Å². The van der Waals surface area contributed by atoms with E-state index in [2.05, 4.69) is 148 Å². The predicted octanol–water partition coefficient (Wildman–Crippen LogP) is 9.06. The summed E-state index contributed by atoms with van der Waals surface area (Å²) in [6.07, 6.45) is 11.4. The summed E-state index contributed by atoms with van der Waals surface area (Å²) in [5.74, 6) is 0. The van der Waals surface area contributed by atoms with Crippen molar-refractivity contribution in [3.63, 3.8) is 0 Å². The highest BCUT2D eigenvalue weighted by atomic mass is 32.2. The van der Waals surface area contributed by atoms with E-state index < -0.39 is 31.3 Å². The van der Waals surface area contributed by atoms with Crippen molar-refractivity contribution in [2.45, 2.75) is 49.8 Å². The van der Waals surface area contributed by atoms with Gasteiger partial charge in [-0.25, -0.2) is 16.8 Å². The number of hydrogen-bond acceptors (Lipinski definition) is 6. The second-order valence-electron chi connectivity index (χ2n) is 14.2. The van der Waals surface area contributed by atoms with Crippen LogP contribution in [0.2, 0.25) is 0 Å². The second kappa shape index (κ2) is 16.9. The number of benzene rings is 4. The molecule has 3 aromatic heterocycles. The number of para-hydroxylation sites is 2. The summed E-state index contributed by atoms with van der Waals surface area (Å²) >= 11 is 0. The Morgan fingerprint density at radius 1 is 0.639 bits per heavy atom. The van der Waals surface area contributed by atoms with Gasteiger partial charge >= 0.3 is 11.0 Å². The number of aromatic nitrogens is 3. The van der Waals surface area contributed by atoms with Crippen molar-refractivity contribution in [2.24, 2.45) is 0 Å². The molecule has 1 N–H and O–H groups in total. The van der Waals surface area contributed by atoms with E-state index >= 15 is 0 Å². The van der Waals surface area contributed by atoms with Crippen molar-refractivity contribution in [1.82, 2.24) is 4.98 Å². The first-order valence-corrected chi connectivity index (χ1v) is 21.6. The van der Waals surface area contributed by atoms with Gasteiger partial charge in [-0.3, -0.25) is 0 Å². The van der Waals surface area contributed by atoms with Crippen LogP contribution in [0.5, 0.6) is 0 Å². The number of fused-ring (bicyclic) bond motifs is 10. The first-order valence-electron chi connectivity index (χ1n) is 18.8. The average molecular weight is 880 g/mol. The van der Waals surface area contributed by atoms with Crippen LogP contribution in [0.1, 0.15) is 35.1 Å². The maximum Gasteiger partial charge on any atom is 0.485 e. The van der Waals surface area contributed by atoms with Crippen LogP contribution in [0.25, 0.3) is 67.7 Å². The fourth-order valence-electron chi connectivity index (χ4n) is 7.78. The normalized spacial score (nSPS) is 14.0. The number of pyridine rings is 2. The van der Waals surface area contributed by atoms with Gasteiger partial charge in [0.25, 0.3) is 0 Å². The molecule has 0 saturated carbocycles. The molecule has 2 aliphatic heterocycles. The molecule has 0 atom stereocenters. The summed E-state index contributed by atoms with van der Waals surface area (Å²) in [5.41, 5.74) is 4.46. The van der Waals surface area contributed by atoms with Gasteiger partial charge in [0, 0.05) is 58.5 Å². The number of aryl methyl sites for hydroxylation is 4. The molecule has 9 nitrogen and oxygen atoms in total. The fraction of sp³-hybridized carbons (Fsp3) is 0.182. The lowest BCUT2D eigenvalue weighted by atomic mass is 9.87. The molecule has 17 heteroatoms. The molecule has 0 saturated heterocycles. The molecule has 2 aliphatic rings. The van der Waals surface area contributed by atoms with Crippen LogP contribution in [0.15, 0.2) is 121 Å². The van der Waals surface area contributed by atoms with Gasteiger partial charge in [0.15, 0.2) is 26.4 Å². The van der Waals surface area contributed by atoms with Crippen molar-refractivity contribution in [2.75, 3.05) is 0 Å². The lowest BCUT2D eigenvalue weighted by Gasteiger charge is -2.16. The topological polar surface area (TPSA) is 138 Å². The molecule has 9 rings (SSSR count). The molecule has 316 valence electrons. The minimum atomic E-state index is -6.09. The lowest BCUT2D eigenvalue weighted by molar-refractivity contribution is -0.686. The van der Waals surface area contributed by atoms with Crippen molar-refractivity contribution in [1.29, 1.82) is 0 Å². The van der Waals surface area contributed by atoms with Crippen LogP contribution in [0.4, 0.5) is 26.3 Å². The monoisotopic (exact) mass is 879 g/mol. The van der Waals surface area contributed by atoms with Crippen LogP contribution in [-0.4, -0.2) is 41.9 Å². The number of hydrogen-bond donors (Lipinski definition) is 1. The number of alkyl halides is 6. The Labute approximate surface area is 346 Å². The van der Waals surface area contributed by atoms with E-state index in [9.17, 15) is 26.3 Å². The first kappa shape index (κ1) is 43.2. The highest BCUT2D eigenvalue weighted by Crippen LogP contribution is 2.42. The first-order chi connectivity index (χ1) is 28.8. The Morgan fingerprint density at radius 2 is 1.21 bits per heavy atom. The summed E-state index contributed by atoms with van der Waals surface area (Å²) in [6, 6.07) is 42.3. The Bertz CT molecular complexity index is 2980. The SMILES string of the molecule is C(=C\c1c(-c2ccccc2)[nH]c2ccccc12)/c1cc2ccccc2[n+]2c1-c1c(ccc3c1-c1cccc[n+]1CCC3)CCC2.O=S(=O)([O-])C(F)(F)F.O=S(=O)([O-])C(F)(F)F. The van der Waals surface area contributed by atoms with E-state index in [1.165, 1.54) is 66.6 Å². The fourth-order valence-corrected chi connectivity index (χ4v) is 7.78. The summed E-state index contributed by atoms with van der Waals surface area (Å²) < 4.78 is 123. The molecular weight excluding hydrogens is 845 g/mol. The van der Waals surface area contributed by atoms with Gasteiger partial charge in [0.2, 0.25) is 16.9 Å². The smallest absolute Gasteiger partial charge is 0.485 e. The molecule has 61 heavy (non-hydrogen) atoms. The Kier molecular flexibility index (Phi) is 12.0. The molecule has 0 amide bonds. The predicted molar refractivity (Wildman–Crippen MR) is 216 cm³/mol. The zero-order valence-electron chi connectivity index (χ0n) is 31.9. The molecule has 0 radical (unpaired) electrons. The molecular formula is C44H35F6N3O6S2. The maximum atomic E-state index is 10.7. The van der Waals surface area contributed by atoms with Gasteiger partial charge in [0.05, 0.1) is 16.8 Å². The largest absolute Gasteiger partial charge is 0.741 e. The van der Waals surface area contributed by atoms with Crippen molar-refractivity contribution < 1.29 is 61.4 Å². The third-order valence-corrected chi connectivity index (χ3v) is 11.5. The quantitative estimate of drug-likeness (QED) is 0.0814. The highest BCUT2D eigenvalue weighted by Gasteiger charge is 2.38. The number of nitrogens with zero attached hydrogens (tertiary/aromatic N) is 2. The van der Waals surface area contributed by atoms with Crippen LogP contribution < -0.4 is 9.13 Å². The summed E-state index contributed by atoms with van der Waals surface area (Å²) in [6.45, 7) is 2.05. The van der Waals surface area contributed by atoms with Gasteiger partial charge in [-0.2, -0.15) is 35.5 Å². The number of rotatable bonds is 3. The standard InChI is InChI=1S/C42H34N3.2CHF3O3S/c1-2-12-31(13-3-1)41-35(34-17-5-6-18-36(34)43-41)24-23-33-28-32-14-4-7-19-37(32)45-27-11-16-30-22-21-29-15-10-26-44-25-9-8-20-38(44)39(29)40(30)42(33)45;2*2-1(3,4)8(5,6)7/h1-9,12-14,17-25,28H,10-11,15-16,26-27H2;2*(H,5,6,7)/q+1;;/p-1. The van der Waals surface area contributed by atoms with Gasteiger partial charge in [-0.1, -0.05) is 78.9 Å². The minimum Gasteiger partial charge on any atom is -0.741 e. The van der Waals surface area contributed by atoms with E-state index in [0.29, 0.717) is 0 Å². The molecule has 4 aromatic carbocycles. The van der Waals surface area contributed by atoms with Crippen molar-refractivity contribution in [3.05, 3.63) is 144 Å². The highest BCUT2D eigenvalue weighted by molar-refractivity contribution is 7.86. The Balaban J connectivity index is 0.000000300. The van der Waals surface area contributed by atoms with Crippen LogP contribution in [0.3, 0.4) is 0 Å². The Morgan fingerprint density at radius 3 is 1.89 bits per heavy atom. The maximum absolute atomic E-state index is 10.7. The lowest BCUT2D eigenvalue weighted by Crippen LogP contribution is -2.38. The number of halogens is 6. The number of aromatic amines is 1. The molecule has 5 heterocycles. The van der Waals surface area contributed by atoms with Crippen molar-refractivity contribution in [3.8, 4) is 33.8 Å². The molecule has 0 fully saturated rings. The minimum absolute atomic E-state index is 0.998. The molecule has 0 spiro atoms. The van der Waals surface area contributed by atoms with Crippen LogP contribution in [0, 0.1) is 0 Å². The van der Waals surface area contributed by atoms with Crippen LogP contribution >= 0.6 is 0 Å². The number of H-pyrrole nitrogens is 1. The molecule has 0 bridgehead atoms. The Hall–Kier alpha value is -5.88. The molecule has 7 aromatic rings. The zero-order chi connectivity index (χ0) is 43.7.